The molecule has 28 heavy (non-hydrogen) atoms. The average Bonchev–Trinajstić information content (AvgIpc) is 3.06. The van der Waals surface area contributed by atoms with Crippen molar-refractivity contribution in [1.82, 2.24) is 0 Å². The molecule has 0 bridgehead atoms. The van der Waals surface area contributed by atoms with Crippen LogP contribution < -0.4 is 4.90 Å². The van der Waals surface area contributed by atoms with Gasteiger partial charge >= 0.3 is 5.97 Å². The zero-order valence-electron chi connectivity index (χ0n) is 16.8. The maximum atomic E-state index is 12.6. The Kier molecular flexibility index (Phi) is 5.63. The zero-order chi connectivity index (χ0) is 20.4. The van der Waals surface area contributed by atoms with E-state index in [9.17, 15) is 14.4 Å². The van der Waals surface area contributed by atoms with E-state index in [0.717, 1.165) is 34.4 Å². The molecule has 0 radical (unpaired) electrons. The van der Waals surface area contributed by atoms with Crippen molar-refractivity contribution in [2.24, 2.45) is 0 Å². The van der Waals surface area contributed by atoms with Crippen molar-refractivity contribution >= 4 is 23.3 Å². The standard InChI is InChI=1S/C23H25NO4/c1-14-11-15(2)22(17(4)25)16(3)20(14)13-28-23(27)18-7-5-8-19(12-18)24-10-6-9-21(24)26/h5,7-8,11-12H,6,9-10,13H2,1-4H3. The lowest BCUT2D eigenvalue weighted by Crippen LogP contribution is -2.23. The van der Waals surface area contributed by atoms with E-state index in [4.69, 9.17) is 4.74 Å². The Bertz CT molecular complexity index is 961. The Morgan fingerprint density at radius 2 is 1.86 bits per heavy atom. The first-order chi connectivity index (χ1) is 13.3. The van der Waals surface area contributed by atoms with Gasteiger partial charge in [0.15, 0.2) is 5.78 Å². The number of nitrogens with zero attached hydrogens (tertiary/aromatic N) is 1. The molecule has 1 fully saturated rings. The lowest BCUT2D eigenvalue weighted by atomic mass is 9.92. The number of hydrogen-bond acceptors (Lipinski definition) is 4. The molecule has 1 aliphatic rings. The second kappa shape index (κ2) is 7.97. The van der Waals surface area contributed by atoms with E-state index in [-0.39, 0.29) is 18.3 Å². The topological polar surface area (TPSA) is 63.7 Å². The maximum absolute atomic E-state index is 12.6. The van der Waals surface area contributed by atoms with Crippen LogP contribution in [-0.2, 0) is 16.1 Å². The fourth-order valence-electron chi connectivity index (χ4n) is 3.93. The van der Waals surface area contributed by atoms with E-state index in [0.29, 0.717) is 24.1 Å². The highest BCUT2D eigenvalue weighted by molar-refractivity contribution is 5.98. The van der Waals surface area contributed by atoms with E-state index >= 15 is 0 Å². The lowest BCUT2D eigenvalue weighted by molar-refractivity contribution is -0.117. The first kappa shape index (κ1) is 19.8. The van der Waals surface area contributed by atoms with E-state index in [1.807, 2.05) is 32.9 Å². The summed E-state index contributed by atoms with van der Waals surface area (Å²) in [5, 5.41) is 0. The van der Waals surface area contributed by atoms with Crippen LogP contribution in [0.2, 0.25) is 0 Å². The van der Waals surface area contributed by atoms with Gasteiger partial charge in [0.1, 0.15) is 6.61 Å². The molecule has 5 nitrogen and oxygen atoms in total. The highest BCUT2D eigenvalue weighted by atomic mass is 16.5. The molecule has 0 aliphatic carbocycles. The van der Waals surface area contributed by atoms with Crippen molar-refractivity contribution < 1.29 is 19.1 Å². The monoisotopic (exact) mass is 379 g/mol. The SMILES string of the molecule is CC(=O)c1c(C)cc(C)c(COC(=O)c2cccc(N3CCCC3=O)c2)c1C. The van der Waals surface area contributed by atoms with Gasteiger partial charge in [-0.25, -0.2) is 4.79 Å². The molecule has 0 aromatic heterocycles. The molecule has 0 unspecified atom stereocenters. The number of benzene rings is 2. The molecule has 1 saturated heterocycles. The van der Waals surface area contributed by atoms with Crippen LogP contribution in [0.1, 0.15) is 62.7 Å². The summed E-state index contributed by atoms with van der Waals surface area (Å²) in [5.41, 5.74) is 5.45. The summed E-state index contributed by atoms with van der Waals surface area (Å²) in [7, 11) is 0. The predicted molar refractivity (Wildman–Crippen MR) is 108 cm³/mol. The molecule has 3 rings (SSSR count). The molecule has 1 aliphatic heterocycles. The Morgan fingerprint density at radius 1 is 1.11 bits per heavy atom. The highest BCUT2D eigenvalue weighted by Gasteiger charge is 2.23. The van der Waals surface area contributed by atoms with E-state index in [1.165, 1.54) is 0 Å². The van der Waals surface area contributed by atoms with Crippen molar-refractivity contribution in [3.05, 3.63) is 63.7 Å². The summed E-state index contributed by atoms with van der Waals surface area (Å²) < 4.78 is 5.54. The van der Waals surface area contributed by atoms with Gasteiger partial charge in [-0.1, -0.05) is 12.1 Å². The highest BCUT2D eigenvalue weighted by Crippen LogP contribution is 2.25. The molecule has 1 heterocycles. The molecule has 0 spiro atoms. The number of amides is 1. The van der Waals surface area contributed by atoms with Crippen molar-refractivity contribution in [2.75, 3.05) is 11.4 Å². The minimum Gasteiger partial charge on any atom is -0.457 e. The number of ether oxygens (including phenoxy) is 1. The van der Waals surface area contributed by atoms with Gasteiger partial charge in [0, 0.05) is 24.2 Å². The van der Waals surface area contributed by atoms with Crippen LogP contribution in [0.25, 0.3) is 0 Å². The molecule has 2 aromatic rings. The molecule has 2 aromatic carbocycles. The van der Waals surface area contributed by atoms with E-state index in [1.54, 1.807) is 30.0 Å². The minimum atomic E-state index is -0.447. The third kappa shape index (κ3) is 3.84. The number of carbonyl (C=O) groups is 3. The van der Waals surface area contributed by atoms with Gasteiger partial charge in [0.2, 0.25) is 5.91 Å². The van der Waals surface area contributed by atoms with Gasteiger partial charge in [-0.2, -0.15) is 0 Å². The van der Waals surface area contributed by atoms with Gasteiger partial charge in [0.05, 0.1) is 5.56 Å². The van der Waals surface area contributed by atoms with Crippen molar-refractivity contribution in [2.45, 2.75) is 47.1 Å². The quantitative estimate of drug-likeness (QED) is 0.574. The molecule has 0 N–H and O–H groups in total. The van der Waals surface area contributed by atoms with Crippen molar-refractivity contribution in [3.8, 4) is 0 Å². The predicted octanol–water partition coefficient (Wildman–Crippen LogP) is 4.30. The number of carbonyl (C=O) groups excluding carboxylic acids is 3. The second-order valence-corrected chi connectivity index (χ2v) is 7.32. The molecule has 0 atom stereocenters. The third-order valence-corrected chi connectivity index (χ3v) is 5.30. The summed E-state index contributed by atoms with van der Waals surface area (Å²) in [4.78, 5) is 38.2. The molecule has 1 amide bonds. The van der Waals surface area contributed by atoms with Gasteiger partial charge in [-0.15, -0.1) is 0 Å². The number of anilines is 1. The number of ketones is 1. The van der Waals surface area contributed by atoms with Gasteiger partial charge < -0.3 is 9.64 Å². The van der Waals surface area contributed by atoms with Crippen LogP contribution in [0, 0.1) is 20.8 Å². The third-order valence-electron chi connectivity index (χ3n) is 5.30. The lowest BCUT2D eigenvalue weighted by Gasteiger charge is -2.17. The van der Waals surface area contributed by atoms with Crippen molar-refractivity contribution in [3.63, 3.8) is 0 Å². The first-order valence-corrected chi connectivity index (χ1v) is 9.47. The minimum absolute atomic E-state index is 0.00515. The molecule has 5 heteroatoms. The van der Waals surface area contributed by atoms with Crippen molar-refractivity contribution in [1.29, 1.82) is 0 Å². The summed E-state index contributed by atoms with van der Waals surface area (Å²) in [6.45, 7) is 8.08. The Hall–Kier alpha value is -2.95. The molecular formula is C23H25NO4. The number of aryl methyl sites for hydroxylation is 2. The zero-order valence-corrected chi connectivity index (χ0v) is 16.8. The molecule has 146 valence electrons. The average molecular weight is 379 g/mol. The largest absolute Gasteiger partial charge is 0.457 e. The Balaban J connectivity index is 1.79. The summed E-state index contributed by atoms with van der Waals surface area (Å²) in [6, 6.07) is 8.91. The number of esters is 1. The van der Waals surface area contributed by atoms with Gasteiger partial charge in [-0.3, -0.25) is 9.59 Å². The number of rotatable bonds is 5. The maximum Gasteiger partial charge on any atom is 0.338 e. The van der Waals surface area contributed by atoms with Gasteiger partial charge in [0.25, 0.3) is 0 Å². The van der Waals surface area contributed by atoms with Gasteiger partial charge in [-0.05, 0) is 74.6 Å². The van der Waals surface area contributed by atoms with Crippen LogP contribution >= 0.6 is 0 Å². The fourth-order valence-corrected chi connectivity index (χ4v) is 3.93. The normalized spacial score (nSPS) is 13.7. The summed E-state index contributed by atoms with van der Waals surface area (Å²) in [5.74, 6) is -0.365. The molecular weight excluding hydrogens is 354 g/mol. The second-order valence-electron chi connectivity index (χ2n) is 7.32. The van der Waals surface area contributed by atoms with Crippen LogP contribution in [0.15, 0.2) is 30.3 Å². The van der Waals surface area contributed by atoms with Crippen LogP contribution in [0.3, 0.4) is 0 Å². The first-order valence-electron chi connectivity index (χ1n) is 9.47. The summed E-state index contributed by atoms with van der Waals surface area (Å²) >= 11 is 0. The number of Topliss-reactive ketones (excluding diaryl/α,β-unsaturated/α-hetero) is 1. The van der Waals surface area contributed by atoms with Crippen LogP contribution in [0.5, 0.6) is 0 Å². The fraction of sp³-hybridized carbons (Fsp3) is 0.348. The van der Waals surface area contributed by atoms with E-state index < -0.39 is 5.97 Å². The summed E-state index contributed by atoms with van der Waals surface area (Å²) in [6.07, 6.45) is 1.37. The van der Waals surface area contributed by atoms with Crippen LogP contribution in [-0.4, -0.2) is 24.2 Å². The van der Waals surface area contributed by atoms with Crippen LogP contribution in [0.4, 0.5) is 5.69 Å². The molecule has 0 saturated carbocycles. The Labute approximate surface area is 165 Å². The van der Waals surface area contributed by atoms with E-state index in [2.05, 4.69) is 0 Å². The Morgan fingerprint density at radius 3 is 2.50 bits per heavy atom. The smallest absolute Gasteiger partial charge is 0.338 e. The number of hydrogen-bond donors (Lipinski definition) is 0.